The first kappa shape index (κ1) is 21.7. The molecule has 0 aliphatic heterocycles. The molecule has 3 aromatic carbocycles. The van der Waals surface area contributed by atoms with Gasteiger partial charge in [-0.15, -0.1) is 0 Å². The molecule has 6 N–H and O–H groups in total. The molecule has 0 fully saturated rings. The number of nitrogen functional groups attached to an aromatic ring is 3. The van der Waals surface area contributed by atoms with Gasteiger partial charge in [-0.2, -0.15) is 0 Å². The number of hydrogen-bond acceptors (Lipinski definition) is 9. The van der Waals surface area contributed by atoms with Crippen molar-refractivity contribution >= 4 is 50.1 Å². The standard InChI is InChI=1S/3C7H7NO2.Al/c3*8-6-4-2-1-3-5(6)7(9)10;/h3*1-4H,8H2,(H,9,10);/q;;;+3/p-3. The molecule has 0 spiro atoms. The molecule has 0 heterocycles. The van der Waals surface area contributed by atoms with Crippen LogP contribution in [0.25, 0.3) is 0 Å². The fraction of sp³-hybridized carbons (Fsp3) is 0. The fourth-order valence-corrected chi connectivity index (χ4v) is 3.62. The Morgan fingerprint density at radius 1 is 0.516 bits per heavy atom. The predicted octanol–water partition coefficient (Wildman–Crippen LogP) is 2.29. The first-order valence-corrected chi connectivity index (χ1v) is 10.4. The topological polar surface area (TPSA) is 157 Å². The Kier molecular flexibility index (Phi) is 6.77. The maximum absolute atomic E-state index is 12.5. The van der Waals surface area contributed by atoms with Crippen LogP contribution in [0.15, 0.2) is 72.8 Å². The van der Waals surface area contributed by atoms with E-state index >= 15 is 0 Å². The van der Waals surface area contributed by atoms with Gasteiger partial charge in [-0.05, 0) is 36.4 Å². The average molecular weight is 435 g/mol. The summed E-state index contributed by atoms with van der Waals surface area (Å²) < 4.78 is 15.7. The zero-order valence-electron chi connectivity index (χ0n) is 16.2. The van der Waals surface area contributed by atoms with Crippen LogP contribution < -0.4 is 17.2 Å². The maximum atomic E-state index is 12.5. The molecule has 0 radical (unpaired) electrons. The molecule has 10 heteroatoms. The summed E-state index contributed by atoms with van der Waals surface area (Å²) in [5.74, 6) is -2.72. The number of carbonyl (C=O) groups is 3. The van der Waals surface area contributed by atoms with Gasteiger partial charge in [0.15, 0.2) is 0 Å². The van der Waals surface area contributed by atoms with Gasteiger partial charge in [-0.25, -0.2) is 14.4 Å². The second-order valence-corrected chi connectivity index (χ2v) is 7.55. The van der Waals surface area contributed by atoms with Crippen molar-refractivity contribution in [3.63, 3.8) is 0 Å². The molecule has 31 heavy (non-hydrogen) atoms. The minimum absolute atomic E-state index is 0.0329. The summed E-state index contributed by atoms with van der Waals surface area (Å²) in [6.45, 7) is 0. The van der Waals surface area contributed by atoms with Gasteiger partial charge in [-0.3, -0.25) is 0 Å². The molecule has 0 bridgehead atoms. The quantitative estimate of drug-likeness (QED) is 0.390. The number of hydrogen-bond donors (Lipinski definition) is 3. The Labute approximate surface area is 182 Å². The monoisotopic (exact) mass is 435 g/mol. The largest absolute Gasteiger partial charge is 1.20 e. The maximum Gasteiger partial charge on any atom is 1.20 e. The van der Waals surface area contributed by atoms with Crippen molar-refractivity contribution in [1.29, 1.82) is 0 Å². The van der Waals surface area contributed by atoms with E-state index in [1.807, 2.05) is 0 Å². The first-order chi connectivity index (χ1) is 14.9. The third kappa shape index (κ3) is 5.33. The Morgan fingerprint density at radius 2 is 0.774 bits per heavy atom. The van der Waals surface area contributed by atoms with Crippen LogP contribution in [-0.4, -0.2) is 33.1 Å². The van der Waals surface area contributed by atoms with E-state index in [2.05, 4.69) is 0 Å². The molecule has 3 rings (SSSR count). The molecule has 0 atom stereocenters. The molecule has 0 unspecified atom stereocenters. The minimum Gasteiger partial charge on any atom is -0.547 e. The van der Waals surface area contributed by atoms with Crippen molar-refractivity contribution in [3.05, 3.63) is 89.5 Å². The summed E-state index contributed by atoms with van der Waals surface area (Å²) in [6, 6.07) is 18.4. The van der Waals surface area contributed by atoms with Crippen LogP contribution in [0.4, 0.5) is 17.1 Å². The number of nitrogens with two attached hydrogens (primary N) is 3. The number of rotatable bonds is 6. The number of benzene rings is 3. The van der Waals surface area contributed by atoms with Crippen LogP contribution in [0.1, 0.15) is 31.1 Å². The normalized spacial score (nSPS) is 10.1. The van der Waals surface area contributed by atoms with Crippen molar-refractivity contribution in [2.45, 2.75) is 0 Å². The van der Waals surface area contributed by atoms with Crippen LogP contribution >= 0.6 is 0 Å². The third-order valence-electron chi connectivity index (χ3n) is 4.15. The Balaban J connectivity index is 1.84. The van der Waals surface area contributed by atoms with Gasteiger partial charge < -0.3 is 28.6 Å². The van der Waals surface area contributed by atoms with E-state index < -0.39 is 33.1 Å². The van der Waals surface area contributed by atoms with E-state index in [0.717, 1.165) is 0 Å². The predicted molar refractivity (Wildman–Crippen MR) is 115 cm³/mol. The lowest BCUT2D eigenvalue weighted by Crippen LogP contribution is -2.35. The van der Waals surface area contributed by atoms with Gasteiger partial charge in [-0.1, -0.05) is 36.4 Å². The van der Waals surface area contributed by atoms with Crippen LogP contribution in [-0.2, 0) is 11.4 Å². The van der Waals surface area contributed by atoms with E-state index in [1.54, 1.807) is 36.4 Å². The second-order valence-electron chi connectivity index (χ2n) is 6.27. The first-order valence-electron chi connectivity index (χ1n) is 9.03. The molecule has 3 aromatic rings. The Bertz CT molecular complexity index is 996. The van der Waals surface area contributed by atoms with Crippen molar-refractivity contribution < 1.29 is 25.7 Å². The lowest BCUT2D eigenvalue weighted by molar-refractivity contribution is 0.0412. The minimum atomic E-state index is -3.69. The lowest BCUT2D eigenvalue weighted by Gasteiger charge is -2.15. The SMILES string of the molecule is Nc1ccccc1C(=O)[O][Al]([O]C(=O)c1ccccc1N)[O]C(=O)c1ccccc1N. The smallest absolute Gasteiger partial charge is 0.547 e. The summed E-state index contributed by atoms with van der Waals surface area (Å²) in [6.07, 6.45) is 0. The highest BCUT2D eigenvalue weighted by molar-refractivity contribution is 6.46. The highest BCUT2D eigenvalue weighted by Crippen LogP contribution is 2.18. The van der Waals surface area contributed by atoms with E-state index in [0.29, 0.717) is 0 Å². The van der Waals surface area contributed by atoms with Crippen molar-refractivity contribution in [2.75, 3.05) is 17.2 Å². The van der Waals surface area contributed by atoms with E-state index in [-0.39, 0.29) is 33.8 Å². The molecule has 0 aliphatic carbocycles. The van der Waals surface area contributed by atoms with Gasteiger partial charge >= 0.3 is 33.1 Å². The Morgan fingerprint density at radius 3 is 1.03 bits per heavy atom. The zero-order valence-corrected chi connectivity index (χ0v) is 17.3. The lowest BCUT2D eigenvalue weighted by atomic mass is 10.2. The molecular formula is C21H18AlN3O6. The molecule has 0 aromatic heterocycles. The molecular weight excluding hydrogens is 417 g/mol. The zero-order chi connectivity index (χ0) is 22.4. The van der Waals surface area contributed by atoms with Gasteiger partial charge in [0.2, 0.25) is 0 Å². The van der Waals surface area contributed by atoms with Crippen LogP contribution in [0, 0.1) is 0 Å². The molecule has 156 valence electrons. The average Bonchev–Trinajstić information content (AvgIpc) is 2.74. The summed E-state index contributed by atoms with van der Waals surface area (Å²) in [5, 5.41) is 0. The third-order valence-corrected chi connectivity index (χ3v) is 5.37. The summed E-state index contributed by atoms with van der Waals surface area (Å²) in [5.41, 5.74) is 17.9. The van der Waals surface area contributed by atoms with Gasteiger partial charge in [0, 0.05) is 17.1 Å². The molecule has 0 aliphatic rings. The van der Waals surface area contributed by atoms with E-state index in [9.17, 15) is 14.4 Å². The van der Waals surface area contributed by atoms with Gasteiger partial charge in [0.1, 0.15) is 0 Å². The molecule has 0 saturated heterocycles. The summed E-state index contributed by atoms with van der Waals surface area (Å²) in [7, 11) is 0. The van der Waals surface area contributed by atoms with Gasteiger partial charge in [0.05, 0.1) is 16.7 Å². The highest BCUT2D eigenvalue weighted by Gasteiger charge is 2.50. The van der Waals surface area contributed by atoms with Crippen LogP contribution in [0.3, 0.4) is 0 Å². The van der Waals surface area contributed by atoms with Crippen molar-refractivity contribution in [2.24, 2.45) is 0 Å². The number of carbonyl (C=O) groups excluding carboxylic acids is 3. The molecule has 9 nitrogen and oxygen atoms in total. The van der Waals surface area contributed by atoms with Crippen molar-refractivity contribution in [1.82, 2.24) is 0 Å². The molecule has 0 amide bonds. The van der Waals surface area contributed by atoms with Crippen LogP contribution in [0.2, 0.25) is 0 Å². The van der Waals surface area contributed by atoms with Crippen molar-refractivity contribution in [3.8, 4) is 0 Å². The van der Waals surface area contributed by atoms with Gasteiger partial charge in [0.25, 0.3) is 0 Å². The summed E-state index contributed by atoms with van der Waals surface area (Å²) in [4.78, 5) is 37.6. The number of para-hydroxylation sites is 3. The Hall–Kier alpha value is -4.00. The number of anilines is 3. The van der Waals surface area contributed by atoms with E-state index in [4.69, 9.17) is 28.6 Å². The summed E-state index contributed by atoms with van der Waals surface area (Å²) >= 11 is -3.69. The fourth-order valence-electron chi connectivity index (χ4n) is 2.57. The van der Waals surface area contributed by atoms with E-state index in [1.165, 1.54) is 36.4 Å². The molecule has 0 saturated carbocycles. The highest BCUT2D eigenvalue weighted by atomic mass is 27.3. The second kappa shape index (κ2) is 9.67. The van der Waals surface area contributed by atoms with Crippen LogP contribution in [0.5, 0.6) is 0 Å².